The highest BCUT2D eigenvalue weighted by molar-refractivity contribution is 6.01. The quantitative estimate of drug-likeness (QED) is 0.259. The number of phenols is 1. The average Bonchev–Trinajstić information content (AvgIpc) is 2.80. The standard InChI is InChI=1S/C27H36N4O3/c1-18-8-7-14-27(2,30-18)13-4-3-5-15-31-22-17-21(32)11-12-23(22)34-24(26(31)33)19-9-6-10-20(16-19)25(28)29/h6,9-12,16-18,24,30,32H,3-5,7-8,13-15H2,1-2H3,(H3,28,29)/t18-,24?,27+/m0/s1. The molecule has 0 aromatic heterocycles. The number of ether oxygens (including phenoxy) is 1. The molecule has 2 heterocycles. The van der Waals surface area contributed by atoms with Gasteiger partial charge in [0.25, 0.3) is 5.91 Å². The van der Waals surface area contributed by atoms with Crippen LogP contribution in [0.2, 0.25) is 0 Å². The number of carbonyl (C=O) groups is 1. The number of unbranched alkanes of at least 4 members (excludes halogenated alkanes) is 2. The van der Waals surface area contributed by atoms with Gasteiger partial charge in [-0.1, -0.05) is 37.5 Å². The molecule has 0 radical (unpaired) electrons. The second-order valence-corrected chi connectivity index (χ2v) is 9.99. The third-order valence-corrected chi connectivity index (χ3v) is 7.04. The van der Waals surface area contributed by atoms with Gasteiger partial charge >= 0.3 is 0 Å². The van der Waals surface area contributed by atoms with Gasteiger partial charge in [-0.3, -0.25) is 10.2 Å². The Morgan fingerprint density at radius 3 is 2.85 bits per heavy atom. The van der Waals surface area contributed by atoms with Crippen molar-refractivity contribution in [1.82, 2.24) is 5.32 Å². The minimum atomic E-state index is -0.816. The van der Waals surface area contributed by atoms with Crippen LogP contribution in [-0.4, -0.2) is 35.0 Å². The number of aromatic hydroxyl groups is 1. The number of fused-ring (bicyclic) bond motifs is 1. The van der Waals surface area contributed by atoms with E-state index >= 15 is 0 Å². The van der Waals surface area contributed by atoms with Crippen molar-refractivity contribution in [3.63, 3.8) is 0 Å². The fourth-order valence-electron chi connectivity index (χ4n) is 5.26. The lowest BCUT2D eigenvalue weighted by molar-refractivity contribution is -0.126. The third kappa shape index (κ3) is 5.36. The molecule has 2 aliphatic rings. The Balaban J connectivity index is 1.45. The summed E-state index contributed by atoms with van der Waals surface area (Å²) in [6.07, 6.45) is 7.05. The molecule has 1 saturated heterocycles. The monoisotopic (exact) mass is 464 g/mol. The molecule has 1 amide bonds. The van der Waals surface area contributed by atoms with E-state index in [9.17, 15) is 9.90 Å². The number of anilines is 1. The van der Waals surface area contributed by atoms with Crippen LogP contribution in [0, 0.1) is 5.41 Å². The number of rotatable bonds is 8. The number of benzene rings is 2. The van der Waals surface area contributed by atoms with E-state index in [-0.39, 0.29) is 23.0 Å². The van der Waals surface area contributed by atoms with E-state index in [0.717, 1.165) is 25.7 Å². The van der Waals surface area contributed by atoms with Crippen molar-refractivity contribution in [2.75, 3.05) is 11.4 Å². The van der Waals surface area contributed by atoms with Crippen molar-refractivity contribution in [3.8, 4) is 11.5 Å². The Morgan fingerprint density at radius 1 is 1.26 bits per heavy atom. The predicted molar refractivity (Wildman–Crippen MR) is 135 cm³/mol. The second-order valence-electron chi connectivity index (χ2n) is 9.99. The van der Waals surface area contributed by atoms with Crippen molar-refractivity contribution in [3.05, 3.63) is 53.6 Å². The predicted octanol–water partition coefficient (Wildman–Crippen LogP) is 4.62. The number of nitrogens with one attached hydrogen (secondary N) is 2. The highest BCUT2D eigenvalue weighted by Crippen LogP contribution is 2.41. The lowest BCUT2D eigenvalue weighted by atomic mass is 9.84. The van der Waals surface area contributed by atoms with Crippen molar-refractivity contribution < 1.29 is 14.6 Å². The Labute approximate surface area is 201 Å². The summed E-state index contributed by atoms with van der Waals surface area (Å²) in [5.74, 6) is 0.433. The van der Waals surface area contributed by atoms with Crippen LogP contribution < -0.4 is 20.7 Å². The van der Waals surface area contributed by atoms with E-state index in [4.69, 9.17) is 15.9 Å². The summed E-state index contributed by atoms with van der Waals surface area (Å²) in [6, 6.07) is 12.5. The SMILES string of the molecule is C[C@H]1CCC[C@@](C)(CCCCCN2C(=O)C(c3cccc(C(=N)N)c3)Oc3ccc(O)cc32)N1. The summed E-state index contributed by atoms with van der Waals surface area (Å²) in [4.78, 5) is 15.2. The van der Waals surface area contributed by atoms with E-state index in [2.05, 4.69) is 19.2 Å². The molecule has 7 heteroatoms. The topological polar surface area (TPSA) is 112 Å². The number of amides is 1. The zero-order chi connectivity index (χ0) is 24.3. The molecular weight excluding hydrogens is 428 g/mol. The van der Waals surface area contributed by atoms with Gasteiger partial charge in [-0.15, -0.1) is 0 Å². The lowest BCUT2D eigenvalue weighted by Gasteiger charge is -2.39. The largest absolute Gasteiger partial charge is 0.508 e. The van der Waals surface area contributed by atoms with Gasteiger partial charge in [0.05, 0.1) is 5.69 Å². The molecule has 5 N–H and O–H groups in total. The molecule has 34 heavy (non-hydrogen) atoms. The molecule has 0 aliphatic carbocycles. The summed E-state index contributed by atoms with van der Waals surface area (Å²) < 4.78 is 6.06. The van der Waals surface area contributed by atoms with Gasteiger partial charge in [-0.25, -0.2) is 0 Å². The molecular formula is C27H36N4O3. The van der Waals surface area contributed by atoms with Gasteiger partial charge in [0.15, 0.2) is 0 Å². The Bertz CT molecular complexity index is 1060. The van der Waals surface area contributed by atoms with Crippen LogP contribution in [0.1, 0.15) is 76.0 Å². The number of phenolic OH excluding ortho intramolecular Hbond substituents is 1. The van der Waals surface area contributed by atoms with E-state index in [0.29, 0.717) is 35.2 Å². The summed E-state index contributed by atoms with van der Waals surface area (Å²) in [5.41, 5.74) is 7.66. The van der Waals surface area contributed by atoms with Crippen LogP contribution in [0.15, 0.2) is 42.5 Å². The first-order valence-corrected chi connectivity index (χ1v) is 12.3. The molecule has 7 nitrogen and oxygen atoms in total. The number of nitrogen functional groups attached to an aromatic ring is 1. The highest BCUT2D eigenvalue weighted by atomic mass is 16.5. The minimum absolute atomic E-state index is 0.0529. The molecule has 3 atom stereocenters. The van der Waals surface area contributed by atoms with Gasteiger partial charge < -0.3 is 25.8 Å². The lowest BCUT2D eigenvalue weighted by Crippen LogP contribution is -2.50. The average molecular weight is 465 g/mol. The fourth-order valence-corrected chi connectivity index (χ4v) is 5.26. The van der Waals surface area contributed by atoms with E-state index in [1.807, 2.05) is 6.07 Å². The van der Waals surface area contributed by atoms with Crippen LogP contribution in [0.25, 0.3) is 0 Å². The molecule has 0 bridgehead atoms. The zero-order valence-corrected chi connectivity index (χ0v) is 20.1. The highest BCUT2D eigenvalue weighted by Gasteiger charge is 2.36. The minimum Gasteiger partial charge on any atom is -0.508 e. The molecule has 2 aromatic carbocycles. The van der Waals surface area contributed by atoms with Crippen LogP contribution >= 0.6 is 0 Å². The summed E-state index contributed by atoms with van der Waals surface area (Å²) in [6.45, 7) is 5.14. The van der Waals surface area contributed by atoms with E-state index in [1.165, 1.54) is 19.3 Å². The molecule has 1 fully saturated rings. The summed E-state index contributed by atoms with van der Waals surface area (Å²) >= 11 is 0. The Morgan fingerprint density at radius 2 is 2.09 bits per heavy atom. The summed E-state index contributed by atoms with van der Waals surface area (Å²) in [5, 5.41) is 21.5. The van der Waals surface area contributed by atoms with Gasteiger partial charge in [-0.2, -0.15) is 0 Å². The van der Waals surface area contributed by atoms with Gasteiger partial charge in [-0.05, 0) is 57.7 Å². The van der Waals surface area contributed by atoms with Gasteiger partial charge in [0.1, 0.15) is 17.3 Å². The Kier molecular flexibility index (Phi) is 7.12. The number of carbonyl (C=O) groups excluding carboxylic acids is 1. The molecule has 0 saturated carbocycles. The van der Waals surface area contributed by atoms with Crippen LogP contribution in [-0.2, 0) is 4.79 Å². The van der Waals surface area contributed by atoms with Crippen LogP contribution in [0.3, 0.4) is 0 Å². The molecule has 0 spiro atoms. The number of piperidine rings is 1. The molecule has 2 aromatic rings. The molecule has 1 unspecified atom stereocenters. The number of hydrogen-bond donors (Lipinski definition) is 4. The summed E-state index contributed by atoms with van der Waals surface area (Å²) in [7, 11) is 0. The molecule has 4 rings (SSSR count). The Hall–Kier alpha value is -3.06. The van der Waals surface area contributed by atoms with Crippen LogP contribution in [0.4, 0.5) is 5.69 Å². The molecule has 2 aliphatic heterocycles. The third-order valence-electron chi connectivity index (χ3n) is 7.04. The fraction of sp³-hybridized carbons (Fsp3) is 0.481. The number of hydrogen-bond acceptors (Lipinski definition) is 5. The zero-order valence-electron chi connectivity index (χ0n) is 20.1. The smallest absolute Gasteiger partial charge is 0.272 e. The maximum absolute atomic E-state index is 13.5. The maximum atomic E-state index is 13.5. The van der Waals surface area contributed by atoms with Crippen molar-refractivity contribution in [2.24, 2.45) is 5.73 Å². The first-order chi connectivity index (χ1) is 16.3. The molecule has 182 valence electrons. The van der Waals surface area contributed by atoms with Gasteiger partial charge in [0.2, 0.25) is 6.10 Å². The van der Waals surface area contributed by atoms with E-state index in [1.54, 1.807) is 41.3 Å². The van der Waals surface area contributed by atoms with Crippen LogP contribution in [0.5, 0.6) is 11.5 Å². The van der Waals surface area contributed by atoms with E-state index < -0.39 is 6.10 Å². The van der Waals surface area contributed by atoms with Crippen molar-refractivity contribution in [1.29, 1.82) is 5.41 Å². The van der Waals surface area contributed by atoms with Crippen molar-refractivity contribution >= 4 is 17.4 Å². The normalized spacial score (nSPS) is 24.4. The first-order valence-electron chi connectivity index (χ1n) is 12.3. The second kappa shape index (κ2) is 10.1. The van der Waals surface area contributed by atoms with Gasteiger partial charge in [0, 0.05) is 35.3 Å². The maximum Gasteiger partial charge on any atom is 0.272 e. The number of nitrogens with two attached hydrogens (primary N) is 1. The number of amidine groups is 1. The van der Waals surface area contributed by atoms with Crippen molar-refractivity contribution in [2.45, 2.75) is 76.5 Å². The first kappa shape index (κ1) is 24.1. The number of nitrogens with zero attached hydrogens (tertiary/aromatic N) is 1.